The number of aromatic amines is 1. The molecule has 3 heterocycles. The first-order valence-electron chi connectivity index (χ1n) is 6.35. The molecule has 0 amide bonds. The Bertz CT molecular complexity index is 637. The van der Waals surface area contributed by atoms with Gasteiger partial charge in [-0.25, -0.2) is 4.79 Å². The Morgan fingerprint density at radius 2 is 2.30 bits per heavy atom. The Labute approximate surface area is 118 Å². The molecule has 0 radical (unpaired) electrons. The van der Waals surface area contributed by atoms with E-state index in [0.717, 1.165) is 5.75 Å². The van der Waals surface area contributed by atoms with E-state index in [-0.39, 0.29) is 6.61 Å². The van der Waals surface area contributed by atoms with Gasteiger partial charge < -0.3 is 14.9 Å². The highest BCUT2D eigenvalue weighted by molar-refractivity contribution is 8.02. The summed E-state index contributed by atoms with van der Waals surface area (Å²) in [6, 6.07) is 1.24. The van der Waals surface area contributed by atoms with E-state index in [4.69, 9.17) is 4.74 Å². The molecule has 2 aliphatic rings. The van der Waals surface area contributed by atoms with Crippen molar-refractivity contribution in [1.82, 2.24) is 9.55 Å². The third-order valence-electron chi connectivity index (χ3n) is 4.12. The van der Waals surface area contributed by atoms with Crippen LogP contribution < -0.4 is 11.2 Å². The maximum atomic E-state index is 11.9. The van der Waals surface area contributed by atoms with Crippen LogP contribution in [0.15, 0.2) is 21.9 Å². The largest absolute Gasteiger partial charge is 0.393 e. The van der Waals surface area contributed by atoms with Crippen molar-refractivity contribution in [3.05, 3.63) is 33.1 Å². The molecular formula is C12H16N2O5S. The molecule has 20 heavy (non-hydrogen) atoms. The first kappa shape index (κ1) is 13.9. The number of ether oxygens (including phenoxy) is 1. The van der Waals surface area contributed by atoms with Gasteiger partial charge in [-0.2, -0.15) is 0 Å². The predicted molar refractivity (Wildman–Crippen MR) is 72.7 cm³/mol. The predicted octanol–water partition coefficient (Wildman–Crippen LogP) is -0.947. The molecule has 0 saturated carbocycles. The molecule has 1 aromatic heterocycles. The molecule has 3 rings (SSSR count). The van der Waals surface area contributed by atoms with Gasteiger partial charge in [0.2, 0.25) is 0 Å². The lowest BCUT2D eigenvalue weighted by Crippen LogP contribution is -2.54. The molecule has 2 aliphatic heterocycles. The van der Waals surface area contributed by atoms with Crippen molar-refractivity contribution in [1.29, 1.82) is 0 Å². The van der Waals surface area contributed by atoms with Crippen LogP contribution in [-0.2, 0) is 4.74 Å². The summed E-state index contributed by atoms with van der Waals surface area (Å²) in [5, 5.41) is 20.0. The van der Waals surface area contributed by atoms with Gasteiger partial charge in [-0.15, -0.1) is 11.8 Å². The van der Waals surface area contributed by atoms with Gasteiger partial charge in [0.1, 0.15) is 11.7 Å². The lowest BCUT2D eigenvalue weighted by molar-refractivity contribution is -0.117. The fourth-order valence-corrected chi connectivity index (χ4v) is 4.23. The third kappa shape index (κ3) is 1.72. The maximum absolute atomic E-state index is 11.9. The summed E-state index contributed by atoms with van der Waals surface area (Å²) in [6.07, 6.45) is 0.452. The molecule has 7 nitrogen and oxygen atoms in total. The zero-order chi connectivity index (χ0) is 14.5. The van der Waals surface area contributed by atoms with Crippen LogP contribution in [0.3, 0.4) is 0 Å². The Hall–Kier alpha value is -1.09. The Kier molecular flexibility index (Phi) is 3.09. The van der Waals surface area contributed by atoms with Crippen LogP contribution >= 0.6 is 11.8 Å². The van der Waals surface area contributed by atoms with Crippen LogP contribution in [0.1, 0.15) is 19.6 Å². The highest BCUT2D eigenvalue weighted by Gasteiger charge is 2.65. The van der Waals surface area contributed by atoms with Gasteiger partial charge >= 0.3 is 5.69 Å². The van der Waals surface area contributed by atoms with Gasteiger partial charge in [-0.05, 0) is 19.1 Å². The normalized spacial score (nSPS) is 40.0. The van der Waals surface area contributed by atoms with Gasteiger partial charge in [-0.3, -0.25) is 14.3 Å². The molecule has 0 unspecified atom stereocenters. The van der Waals surface area contributed by atoms with Crippen LogP contribution in [0.25, 0.3) is 0 Å². The number of aliphatic hydroxyl groups excluding tert-OH is 2. The molecule has 4 atom stereocenters. The SMILES string of the molecule is C[C@]1(CO)O[C@@H](n2ccc(=O)[nH]c2=O)[C@@]2(CCS2)[C@@H]1O. The zero-order valence-electron chi connectivity index (χ0n) is 10.9. The topological polar surface area (TPSA) is 105 Å². The van der Waals surface area contributed by atoms with Gasteiger partial charge in [0.05, 0.1) is 11.4 Å². The van der Waals surface area contributed by atoms with Crippen LogP contribution in [0.2, 0.25) is 0 Å². The fraction of sp³-hybridized carbons (Fsp3) is 0.667. The van der Waals surface area contributed by atoms with Crippen molar-refractivity contribution in [2.24, 2.45) is 0 Å². The van der Waals surface area contributed by atoms with Crippen molar-refractivity contribution in [2.75, 3.05) is 12.4 Å². The minimum Gasteiger partial charge on any atom is -0.393 e. The molecular weight excluding hydrogens is 284 g/mol. The van der Waals surface area contributed by atoms with Gasteiger partial charge in [0.25, 0.3) is 5.56 Å². The Morgan fingerprint density at radius 3 is 2.80 bits per heavy atom. The minimum atomic E-state index is -1.12. The van der Waals surface area contributed by atoms with Crippen molar-refractivity contribution in [3.8, 4) is 0 Å². The van der Waals surface area contributed by atoms with Crippen molar-refractivity contribution >= 4 is 11.8 Å². The standard InChI is InChI=1S/C12H16N2O5S/c1-11(6-15)8(17)12(3-5-20-12)9(19-11)14-4-2-7(16)13-10(14)18/h2,4,8-9,15,17H,3,5-6H2,1H3,(H,13,16,18)/t8-,9-,11-,12-/m1/s1. The van der Waals surface area contributed by atoms with E-state index in [0.29, 0.717) is 6.42 Å². The lowest BCUT2D eigenvalue weighted by atomic mass is 9.88. The van der Waals surface area contributed by atoms with E-state index >= 15 is 0 Å². The molecule has 0 aromatic carbocycles. The zero-order valence-corrected chi connectivity index (χ0v) is 11.7. The number of hydrogen-bond acceptors (Lipinski definition) is 6. The average Bonchev–Trinajstić information content (AvgIpc) is 2.59. The number of H-pyrrole nitrogens is 1. The second-order valence-corrected chi connectivity index (χ2v) is 6.87. The number of rotatable bonds is 2. The summed E-state index contributed by atoms with van der Waals surface area (Å²) in [5.74, 6) is 0.858. The van der Waals surface area contributed by atoms with Gasteiger partial charge in [0, 0.05) is 12.3 Å². The summed E-state index contributed by atoms with van der Waals surface area (Å²) in [6.45, 7) is 1.28. The Balaban J connectivity index is 2.08. The molecule has 0 bridgehead atoms. The number of hydrogen-bond donors (Lipinski definition) is 3. The molecule has 2 saturated heterocycles. The Morgan fingerprint density at radius 1 is 1.60 bits per heavy atom. The molecule has 1 spiro atoms. The quantitative estimate of drug-likeness (QED) is 0.651. The summed E-state index contributed by atoms with van der Waals surface area (Å²) in [4.78, 5) is 25.3. The van der Waals surface area contributed by atoms with Crippen LogP contribution in [0.5, 0.6) is 0 Å². The first-order valence-corrected chi connectivity index (χ1v) is 7.34. The number of thioether (sulfide) groups is 1. The second kappa shape index (κ2) is 4.45. The van der Waals surface area contributed by atoms with E-state index in [2.05, 4.69) is 4.98 Å². The van der Waals surface area contributed by atoms with Crippen LogP contribution in [0, 0.1) is 0 Å². The summed E-state index contributed by atoms with van der Waals surface area (Å²) >= 11 is 1.52. The number of nitrogens with zero attached hydrogens (tertiary/aromatic N) is 1. The van der Waals surface area contributed by atoms with Crippen molar-refractivity contribution < 1.29 is 14.9 Å². The molecule has 0 aliphatic carbocycles. The second-order valence-electron chi connectivity index (χ2n) is 5.41. The number of aliphatic hydroxyl groups is 2. The summed E-state index contributed by atoms with van der Waals surface area (Å²) in [7, 11) is 0. The number of aromatic nitrogens is 2. The van der Waals surface area contributed by atoms with E-state index < -0.39 is 33.9 Å². The molecule has 3 N–H and O–H groups in total. The average molecular weight is 300 g/mol. The van der Waals surface area contributed by atoms with Crippen molar-refractivity contribution in [3.63, 3.8) is 0 Å². The maximum Gasteiger partial charge on any atom is 0.330 e. The van der Waals surface area contributed by atoms with Crippen LogP contribution in [0.4, 0.5) is 0 Å². The number of nitrogens with one attached hydrogen (secondary N) is 1. The van der Waals surface area contributed by atoms with Gasteiger partial charge in [-0.1, -0.05) is 0 Å². The first-order chi connectivity index (χ1) is 9.43. The highest BCUT2D eigenvalue weighted by atomic mass is 32.2. The van der Waals surface area contributed by atoms with Crippen molar-refractivity contribution in [2.45, 2.75) is 36.0 Å². The van der Waals surface area contributed by atoms with E-state index in [1.54, 1.807) is 6.92 Å². The molecule has 8 heteroatoms. The fourth-order valence-electron chi connectivity index (χ4n) is 2.85. The molecule has 2 fully saturated rings. The third-order valence-corrected chi connectivity index (χ3v) is 5.70. The minimum absolute atomic E-state index is 0.342. The lowest BCUT2D eigenvalue weighted by Gasteiger charge is -2.44. The van der Waals surface area contributed by atoms with E-state index in [1.807, 2.05) is 0 Å². The molecule has 1 aromatic rings. The smallest absolute Gasteiger partial charge is 0.330 e. The highest BCUT2D eigenvalue weighted by Crippen LogP contribution is 2.59. The van der Waals surface area contributed by atoms with E-state index in [9.17, 15) is 19.8 Å². The van der Waals surface area contributed by atoms with E-state index in [1.165, 1.54) is 28.6 Å². The van der Waals surface area contributed by atoms with Crippen LogP contribution in [-0.4, -0.2) is 48.6 Å². The monoisotopic (exact) mass is 300 g/mol. The summed E-state index contributed by atoms with van der Waals surface area (Å²) in [5.41, 5.74) is -2.18. The van der Waals surface area contributed by atoms with Gasteiger partial charge in [0.15, 0.2) is 6.23 Å². The molecule has 110 valence electrons. The summed E-state index contributed by atoms with van der Waals surface area (Å²) < 4.78 is 6.42.